The summed E-state index contributed by atoms with van der Waals surface area (Å²) < 4.78 is 0. The van der Waals surface area contributed by atoms with Gasteiger partial charge in [0.05, 0.1) is 5.92 Å². The first kappa shape index (κ1) is 15.1. The molecule has 0 aromatic rings. The molecule has 2 fully saturated rings. The average molecular weight is 282 g/mol. The first-order valence-electron chi connectivity index (χ1n) is 7.75. The zero-order valence-corrected chi connectivity index (χ0v) is 12.5. The van der Waals surface area contributed by atoms with Gasteiger partial charge in [-0.1, -0.05) is 19.8 Å². The van der Waals surface area contributed by atoms with Crippen LogP contribution >= 0.6 is 0 Å². The van der Waals surface area contributed by atoms with Crippen molar-refractivity contribution in [1.29, 1.82) is 0 Å². The first-order valence-corrected chi connectivity index (χ1v) is 7.75. The van der Waals surface area contributed by atoms with E-state index in [0.717, 1.165) is 6.42 Å². The van der Waals surface area contributed by atoms with E-state index in [9.17, 15) is 9.59 Å². The number of amides is 2. The SMILES string of the molecule is CC1CCCCC1N(C)C(=O)N1CCC(C(=O)O)CC1. The molecule has 2 unspecified atom stereocenters. The van der Waals surface area contributed by atoms with Crippen molar-refractivity contribution in [1.82, 2.24) is 9.80 Å². The van der Waals surface area contributed by atoms with Gasteiger partial charge in [0.2, 0.25) is 0 Å². The maximum atomic E-state index is 12.5. The molecule has 2 atom stereocenters. The number of carboxylic acid groups (broad SMARTS) is 1. The number of carboxylic acids is 1. The fraction of sp³-hybridized carbons (Fsp3) is 0.867. The van der Waals surface area contributed by atoms with Gasteiger partial charge in [0.1, 0.15) is 0 Å². The molecule has 2 amide bonds. The van der Waals surface area contributed by atoms with Gasteiger partial charge in [0, 0.05) is 26.2 Å². The molecule has 2 rings (SSSR count). The number of carbonyl (C=O) groups excluding carboxylic acids is 1. The normalized spacial score (nSPS) is 28.2. The lowest BCUT2D eigenvalue weighted by Gasteiger charge is -2.40. The number of hydrogen-bond acceptors (Lipinski definition) is 2. The van der Waals surface area contributed by atoms with Gasteiger partial charge in [0.25, 0.3) is 0 Å². The van der Waals surface area contributed by atoms with E-state index in [4.69, 9.17) is 5.11 Å². The number of nitrogens with zero attached hydrogens (tertiary/aromatic N) is 2. The molecule has 0 bridgehead atoms. The standard InChI is InChI=1S/C15H26N2O3/c1-11-5-3-4-6-13(11)16(2)15(20)17-9-7-12(8-10-17)14(18)19/h11-13H,3-10H2,1-2H3,(H,18,19). The fourth-order valence-electron chi connectivity index (χ4n) is 3.55. The molecule has 114 valence electrons. The average Bonchev–Trinajstić information content (AvgIpc) is 2.46. The van der Waals surface area contributed by atoms with Gasteiger partial charge in [-0.3, -0.25) is 4.79 Å². The van der Waals surface area contributed by atoms with Gasteiger partial charge in [-0.25, -0.2) is 4.79 Å². The lowest BCUT2D eigenvalue weighted by Crippen LogP contribution is -2.51. The number of aliphatic carboxylic acids is 1. The van der Waals surface area contributed by atoms with E-state index < -0.39 is 5.97 Å². The van der Waals surface area contributed by atoms with Crippen LogP contribution < -0.4 is 0 Å². The Morgan fingerprint density at radius 3 is 2.25 bits per heavy atom. The van der Waals surface area contributed by atoms with E-state index in [0.29, 0.717) is 37.9 Å². The number of piperidine rings is 1. The molecule has 0 radical (unpaired) electrons. The highest BCUT2D eigenvalue weighted by Crippen LogP contribution is 2.28. The van der Waals surface area contributed by atoms with Crippen LogP contribution in [0, 0.1) is 11.8 Å². The quantitative estimate of drug-likeness (QED) is 0.846. The summed E-state index contributed by atoms with van der Waals surface area (Å²) in [6, 6.07) is 0.418. The van der Waals surface area contributed by atoms with Crippen molar-refractivity contribution in [3.8, 4) is 0 Å². The summed E-state index contributed by atoms with van der Waals surface area (Å²) in [4.78, 5) is 27.2. The summed E-state index contributed by atoms with van der Waals surface area (Å²) in [5.74, 6) is -0.446. The van der Waals surface area contributed by atoms with Crippen molar-refractivity contribution in [2.45, 2.75) is 51.5 Å². The van der Waals surface area contributed by atoms with Gasteiger partial charge >= 0.3 is 12.0 Å². The second-order valence-corrected chi connectivity index (χ2v) is 6.32. The van der Waals surface area contributed by atoms with E-state index >= 15 is 0 Å². The van der Waals surface area contributed by atoms with Crippen LogP contribution in [-0.4, -0.2) is 53.1 Å². The van der Waals surface area contributed by atoms with Crippen molar-refractivity contribution in [3.05, 3.63) is 0 Å². The summed E-state index contributed by atoms with van der Waals surface area (Å²) in [6.45, 7) is 3.37. The summed E-state index contributed by atoms with van der Waals surface area (Å²) >= 11 is 0. The van der Waals surface area contributed by atoms with Crippen molar-refractivity contribution in [2.75, 3.05) is 20.1 Å². The minimum absolute atomic E-state index is 0.0765. The third-order valence-corrected chi connectivity index (χ3v) is 4.98. The van der Waals surface area contributed by atoms with Crippen molar-refractivity contribution in [3.63, 3.8) is 0 Å². The highest BCUT2D eigenvalue weighted by Gasteiger charge is 2.33. The predicted molar refractivity (Wildman–Crippen MR) is 76.5 cm³/mol. The molecule has 5 heteroatoms. The topological polar surface area (TPSA) is 60.9 Å². The Balaban J connectivity index is 1.89. The number of likely N-dealkylation sites (tertiary alicyclic amines) is 1. The fourth-order valence-corrected chi connectivity index (χ4v) is 3.55. The highest BCUT2D eigenvalue weighted by molar-refractivity contribution is 5.75. The Hall–Kier alpha value is -1.26. The van der Waals surface area contributed by atoms with Crippen LogP contribution in [0.2, 0.25) is 0 Å². The molecule has 2 aliphatic rings. The van der Waals surface area contributed by atoms with Crippen LogP contribution in [0.1, 0.15) is 45.4 Å². The van der Waals surface area contributed by atoms with Crippen LogP contribution in [0.15, 0.2) is 0 Å². The van der Waals surface area contributed by atoms with Crippen LogP contribution in [0.3, 0.4) is 0 Å². The van der Waals surface area contributed by atoms with Crippen molar-refractivity contribution < 1.29 is 14.7 Å². The van der Waals surface area contributed by atoms with E-state index in [-0.39, 0.29) is 11.9 Å². The monoisotopic (exact) mass is 282 g/mol. The summed E-state index contributed by atoms with van der Waals surface area (Å²) in [6.07, 6.45) is 5.92. The Labute approximate surface area is 120 Å². The summed E-state index contributed by atoms with van der Waals surface area (Å²) in [5.41, 5.74) is 0. The third-order valence-electron chi connectivity index (χ3n) is 4.98. The molecular formula is C15H26N2O3. The molecule has 20 heavy (non-hydrogen) atoms. The molecule has 1 N–H and O–H groups in total. The molecule has 0 aromatic carbocycles. The largest absolute Gasteiger partial charge is 0.481 e. The molecular weight excluding hydrogens is 256 g/mol. The first-order chi connectivity index (χ1) is 9.50. The Bertz CT molecular complexity index is 364. The molecule has 1 aliphatic carbocycles. The predicted octanol–water partition coefficient (Wildman–Crippen LogP) is 2.41. The van der Waals surface area contributed by atoms with E-state index in [1.54, 1.807) is 0 Å². The van der Waals surface area contributed by atoms with E-state index in [1.165, 1.54) is 19.3 Å². The second-order valence-electron chi connectivity index (χ2n) is 6.32. The number of urea groups is 1. The minimum atomic E-state index is -0.730. The zero-order valence-electron chi connectivity index (χ0n) is 12.5. The molecule has 5 nitrogen and oxygen atoms in total. The summed E-state index contributed by atoms with van der Waals surface area (Å²) in [7, 11) is 1.90. The molecule has 0 spiro atoms. The van der Waals surface area contributed by atoms with E-state index in [1.807, 2.05) is 16.8 Å². The smallest absolute Gasteiger partial charge is 0.319 e. The Morgan fingerprint density at radius 1 is 1.10 bits per heavy atom. The van der Waals surface area contributed by atoms with E-state index in [2.05, 4.69) is 6.92 Å². The maximum Gasteiger partial charge on any atom is 0.319 e. The number of hydrogen-bond donors (Lipinski definition) is 1. The second kappa shape index (κ2) is 6.46. The lowest BCUT2D eigenvalue weighted by atomic mass is 9.85. The van der Waals surface area contributed by atoms with Crippen LogP contribution in [0.4, 0.5) is 4.79 Å². The minimum Gasteiger partial charge on any atom is -0.481 e. The highest BCUT2D eigenvalue weighted by atomic mass is 16.4. The Kier molecular flexibility index (Phi) is 4.89. The number of carbonyl (C=O) groups is 2. The molecule has 0 aromatic heterocycles. The van der Waals surface area contributed by atoms with Gasteiger partial charge in [-0.15, -0.1) is 0 Å². The van der Waals surface area contributed by atoms with Gasteiger partial charge < -0.3 is 14.9 Å². The zero-order chi connectivity index (χ0) is 14.7. The molecule has 1 heterocycles. The van der Waals surface area contributed by atoms with Gasteiger partial charge in [0.15, 0.2) is 0 Å². The van der Waals surface area contributed by atoms with Crippen LogP contribution in [0.5, 0.6) is 0 Å². The number of rotatable bonds is 2. The van der Waals surface area contributed by atoms with Gasteiger partial charge in [-0.2, -0.15) is 0 Å². The lowest BCUT2D eigenvalue weighted by molar-refractivity contribution is -0.143. The Morgan fingerprint density at radius 2 is 1.70 bits per heavy atom. The van der Waals surface area contributed by atoms with Crippen LogP contribution in [-0.2, 0) is 4.79 Å². The maximum absolute atomic E-state index is 12.5. The molecule has 1 aliphatic heterocycles. The summed E-state index contributed by atoms with van der Waals surface area (Å²) in [5, 5.41) is 9.00. The third kappa shape index (κ3) is 3.25. The van der Waals surface area contributed by atoms with Crippen molar-refractivity contribution >= 4 is 12.0 Å². The van der Waals surface area contributed by atoms with Gasteiger partial charge in [-0.05, 0) is 31.6 Å². The molecule has 1 saturated heterocycles. The van der Waals surface area contributed by atoms with Crippen LogP contribution in [0.25, 0.3) is 0 Å². The molecule has 1 saturated carbocycles. The van der Waals surface area contributed by atoms with Crippen molar-refractivity contribution in [2.24, 2.45) is 11.8 Å².